The lowest BCUT2D eigenvalue weighted by atomic mass is 9.77. The number of nitriles is 1. The number of para-hydroxylation sites is 1. The van der Waals surface area contributed by atoms with Gasteiger partial charge in [0.2, 0.25) is 0 Å². The molecule has 0 unspecified atom stereocenters. The van der Waals surface area contributed by atoms with Gasteiger partial charge < -0.3 is 10.2 Å². The molecule has 0 amide bonds. The number of H-pyrrole nitrogens is 1. The Morgan fingerprint density at radius 3 is 2.81 bits per heavy atom. The minimum Gasteiger partial charge on any atom is -0.371 e. The first kappa shape index (κ1) is 23.5. The summed E-state index contributed by atoms with van der Waals surface area (Å²) in [7, 11) is 0. The maximum Gasteiger partial charge on any atom is 0.126 e. The van der Waals surface area contributed by atoms with Gasteiger partial charge in [-0.15, -0.1) is 0 Å². The fourth-order valence-corrected chi connectivity index (χ4v) is 6.42. The highest BCUT2D eigenvalue weighted by molar-refractivity contribution is 5.93. The van der Waals surface area contributed by atoms with Crippen molar-refractivity contribution in [2.24, 2.45) is 11.8 Å². The van der Waals surface area contributed by atoms with Crippen LogP contribution in [0.5, 0.6) is 0 Å². The number of pyridine rings is 1. The summed E-state index contributed by atoms with van der Waals surface area (Å²) in [5.74, 6) is 2.34. The van der Waals surface area contributed by atoms with E-state index in [4.69, 9.17) is 10.2 Å². The van der Waals surface area contributed by atoms with Crippen LogP contribution in [-0.4, -0.2) is 34.3 Å². The van der Waals surface area contributed by atoms with E-state index in [0.717, 1.165) is 46.5 Å². The van der Waals surface area contributed by atoms with Crippen LogP contribution < -0.4 is 10.2 Å². The monoisotopic (exact) mass is 490 g/mol. The smallest absolute Gasteiger partial charge is 0.126 e. The third kappa shape index (κ3) is 5.17. The first-order valence-electron chi connectivity index (χ1n) is 13.7. The molecule has 2 N–H and O–H groups in total. The van der Waals surface area contributed by atoms with Crippen LogP contribution in [0, 0.1) is 23.2 Å². The molecule has 0 bridgehead atoms. The van der Waals surface area contributed by atoms with Gasteiger partial charge in [0, 0.05) is 42.0 Å². The SMILES string of the molecule is N#Cc1ccc(N2CCC[C@H](C[C@@H]3CCCC[C@H]3Nc3cc(-c4cccc5cn[nH]c45)ccn3)C2)cc1. The van der Waals surface area contributed by atoms with Crippen LogP contribution in [0.15, 0.2) is 67.0 Å². The largest absolute Gasteiger partial charge is 0.371 e. The predicted octanol–water partition coefficient (Wildman–Crippen LogP) is 6.77. The van der Waals surface area contributed by atoms with E-state index in [1.165, 1.54) is 50.6 Å². The van der Waals surface area contributed by atoms with Crippen molar-refractivity contribution in [3.8, 4) is 17.2 Å². The van der Waals surface area contributed by atoms with Crippen molar-refractivity contribution < 1.29 is 0 Å². The van der Waals surface area contributed by atoms with E-state index in [0.29, 0.717) is 17.9 Å². The molecular weight excluding hydrogens is 456 g/mol. The number of aromatic amines is 1. The molecule has 2 aromatic carbocycles. The second-order valence-corrected chi connectivity index (χ2v) is 10.7. The van der Waals surface area contributed by atoms with Crippen LogP contribution >= 0.6 is 0 Å². The van der Waals surface area contributed by atoms with Gasteiger partial charge in [0.05, 0.1) is 23.3 Å². The zero-order chi connectivity index (χ0) is 25.0. The third-order valence-corrected chi connectivity index (χ3v) is 8.31. The molecule has 4 aromatic rings. The summed E-state index contributed by atoms with van der Waals surface area (Å²) in [6.07, 6.45) is 12.7. The number of hydrogen-bond donors (Lipinski definition) is 2. The van der Waals surface area contributed by atoms with Crippen molar-refractivity contribution in [3.63, 3.8) is 0 Å². The van der Waals surface area contributed by atoms with Gasteiger partial charge in [-0.25, -0.2) is 4.98 Å². The molecule has 6 nitrogen and oxygen atoms in total. The second-order valence-electron chi connectivity index (χ2n) is 10.7. The zero-order valence-corrected chi connectivity index (χ0v) is 21.2. The Morgan fingerprint density at radius 1 is 1.03 bits per heavy atom. The Hall–Kier alpha value is -3.85. The number of aromatic nitrogens is 3. The standard InChI is InChI=1S/C31H34N6/c32-19-22-10-12-27(13-11-22)37-16-4-5-23(21-37)17-25-6-1-2-9-29(25)35-30-18-24(14-15-33-30)28-8-3-7-26-20-34-36-31(26)28/h3,7-8,10-15,18,20,23,25,29H,1-2,4-6,9,16-17,21H2,(H,33,35)(H,34,36)/t23-,25+,29-/m1/s1. The summed E-state index contributed by atoms with van der Waals surface area (Å²) in [5.41, 5.74) is 5.36. The molecule has 2 aliphatic rings. The molecule has 3 atom stereocenters. The lowest BCUT2D eigenvalue weighted by molar-refractivity contribution is 0.247. The van der Waals surface area contributed by atoms with Gasteiger partial charge in [0.1, 0.15) is 5.82 Å². The molecule has 2 aromatic heterocycles. The third-order valence-electron chi connectivity index (χ3n) is 8.31. The second kappa shape index (κ2) is 10.6. The van der Waals surface area contributed by atoms with Gasteiger partial charge >= 0.3 is 0 Å². The van der Waals surface area contributed by atoms with Crippen LogP contribution in [0.25, 0.3) is 22.0 Å². The van der Waals surface area contributed by atoms with Gasteiger partial charge in [0.25, 0.3) is 0 Å². The quantitative estimate of drug-likeness (QED) is 0.312. The number of anilines is 2. The summed E-state index contributed by atoms with van der Waals surface area (Å²) < 4.78 is 0. The zero-order valence-electron chi connectivity index (χ0n) is 21.2. The molecule has 1 aliphatic heterocycles. The molecule has 1 saturated carbocycles. The maximum atomic E-state index is 9.12. The van der Waals surface area contributed by atoms with E-state index in [2.05, 4.69) is 68.9 Å². The number of nitrogens with zero attached hydrogens (tertiary/aromatic N) is 4. The minimum atomic E-state index is 0.463. The van der Waals surface area contributed by atoms with E-state index < -0.39 is 0 Å². The number of rotatable bonds is 6. The Labute approximate surface area is 218 Å². The van der Waals surface area contributed by atoms with E-state index in [1.54, 1.807) is 0 Å². The van der Waals surface area contributed by atoms with E-state index in [1.807, 2.05) is 24.5 Å². The van der Waals surface area contributed by atoms with Gasteiger partial charge in [-0.05, 0) is 85.9 Å². The van der Waals surface area contributed by atoms with Crippen LogP contribution in [0.2, 0.25) is 0 Å². The number of nitrogens with one attached hydrogen (secondary N) is 2. The van der Waals surface area contributed by atoms with Crippen molar-refractivity contribution in [2.75, 3.05) is 23.3 Å². The summed E-state index contributed by atoms with van der Waals surface area (Å²) in [5, 5.41) is 21.5. The Morgan fingerprint density at radius 2 is 1.92 bits per heavy atom. The van der Waals surface area contributed by atoms with Crippen LogP contribution in [0.1, 0.15) is 50.5 Å². The predicted molar refractivity (Wildman–Crippen MR) is 149 cm³/mol. The number of benzene rings is 2. The summed E-state index contributed by atoms with van der Waals surface area (Å²) >= 11 is 0. The van der Waals surface area contributed by atoms with Crippen molar-refractivity contribution in [2.45, 2.75) is 51.0 Å². The average molecular weight is 491 g/mol. The van der Waals surface area contributed by atoms with Gasteiger partial charge in [-0.1, -0.05) is 31.0 Å². The fourth-order valence-electron chi connectivity index (χ4n) is 6.42. The van der Waals surface area contributed by atoms with Gasteiger partial charge in [0.15, 0.2) is 0 Å². The van der Waals surface area contributed by atoms with E-state index >= 15 is 0 Å². The summed E-state index contributed by atoms with van der Waals surface area (Å²) in [6.45, 7) is 2.21. The summed E-state index contributed by atoms with van der Waals surface area (Å²) in [4.78, 5) is 7.22. The molecular formula is C31H34N6. The Balaban J connectivity index is 1.14. The first-order valence-corrected chi connectivity index (χ1v) is 13.7. The van der Waals surface area contributed by atoms with Crippen molar-refractivity contribution in [1.29, 1.82) is 5.26 Å². The molecule has 0 spiro atoms. The number of fused-ring (bicyclic) bond motifs is 1. The van der Waals surface area contributed by atoms with Gasteiger partial charge in [-0.2, -0.15) is 10.4 Å². The molecule has 0 radical (unpaired) electrons. The normalized spacial score (nSPS) is 22.0. The van der Waals surface area contributed by atoms with Crippen molar-refractivity contribution >= 4 is 22.4 Å². The molecule has 2 fully saturated rings. The number of piperidine rings is 1. The topological polar surface area (TPSA) is 80.6 Å². The maximum absolute atomic E-state index is 9.12. The molecule has 6 heteroatoms. The van der Waals surface area contributed by atoms with Crippen LogP contribution in [0.4, 0.5) is 11.5 Å². The van der Waals surface area contributed by atoms with Crippen molar-refractivity contribution in [1.82, 2.24) is 15.2 Å². The van der Waals surface area contributed by atoms with E-state index in [-0.39, 0.29) is 0 Å². The Kier molecular flexibility index (Phi) is 6.77. The Bertz CT molecular complexity index is 1380. The molecule has 188 valence electrons. The fraction of sp³-hybridized carbons (Fsp3) is 0.387. The first-order chi connectivity index (χ1) is 18.3. The minimum absolute atomic E-state index is 0.463. The van der Waals surface area contributed by atoms with Crippen molar-refractivity contribution in [3.05, 3.63) is 72.6 Å². The molecule has 1 saturated heterocycles. The molecule has 6 rings (SSSR count). The molecule has 3 heterocycles. The number of hydrogen-bond acceptors (Lipinski definition) is 5. The highest BCUT2D eigenvalue weighted by Gasteiger charge is 2.30. The van der Waals surface area contributed by atoms with Crippen LogP contribution in [-0.2, 0) is 0 Å². The van der Waals surface area contributed by atoms with E-state index in [9.17, 15) is 0 Å². The molecule has 37 heavy (non-hydrogen) atoms. The highest BCUT2D eigenvalue weighted by Crippen LogP contribution is 2.36. The highest BCUT2D eigenvalue weighted by atomic mass is 15.1. The van der Waals surface area contributed by atoms with Crippen LogP contribution in [0.3, 0.4) is 0 Å². The lowest BCUT2D eigenvalue weighted by Crippen LogP contribution is -2.39. The summed E-state index contributed by atoms with van der Waals surface area (Å²) in [6, 6.07) is 21.4. The molecule has 1 aliphatic carbocycles. The lowest BCUT2D eigenvalue weighted by Gasteiger charge is -2.39. The van der Waals surface area contributed by atoms with Gasteiger partial charge in [-0.3, -0.25) is 5.10 Å². The average Bonchev–Trinajstić information content (AvgIpc) is 3.44.